The number of methoxy groups -OCH3 is 1. The van der Waals surface area contributed by atoms with Crippen molar-refractivity contribution in [1.82, 2.24) is 0 Å². The third-order valence-corrected chi connectivity index (χ3v) is 1.95. The van der Waals surface area contributed by atoms with Crippen molar-refractivity contribution < 1.29 is 4.74 Å². The predicted molar refractivity (Wildman–Crippen MR) is 56.8 cm³/mol. The van der Waals surface area contributed by atoms with Gasteiger partial charge >= 0.3 is 0 Å². The molecular weight excluding hydrogens is 160 g/mol. The van der Waals surface area contributed by atoms with Crippen LogP contribution in [0.25, 0.3) is 5.57 Å². The summed E-state index contributed by atoms with van der Waals surface area (Å²) in [7, 11) is 1.67. The lowest BCUT2D eigenvalue weighted by Crippen LogP contribution is -1.83. The van der Waals surface area contributed by atoms with Gasteiger partial charge in [0.15, 0.2) is 0 Å². The molecule has 0 bridgehead atoms. The predicted octanol–water partition coefficient (Wildman–Crippen LogP) is 3.28. The van der Waals surface area contributed by atoms with Crippen LogP contribution in [0.3, 0.4) is 0 Å². The fraction of sp³-hybridized carbons (Fsp3) is 0.167. The van der Waals surface area contributed by atoms with Crippen LogP contribution in [0.1, 0.15) is 12.5 Å². The van der Waals surface area contributed by atoms with Gasteiger partial charge in [-0.15, -0.1) is 0 Å². The smallest absolute Gasteiger partial charge is 0.118 e. The number of allylic oxidation sites excluding steroid dienone is 3. The van der Waals surface area contributed by atoms with Gasteiger partial charge < -0.3 is 4.74 Å². The van der Waals surface area contributed by atoms with Crippen molar-refractivity contribution in [2.24, 2.45) is 0 Å². The van der Waals surface area contributed by atoms with E-state index in [0.29, 0.717) is 0 Å². The Bertz CT molecular complexity index is 306. The van der Waals surface area contributed by atoms with E-state index in [0.717, 1.165) is 11.3 Å². The monoisotopic (exact) mass is 174 g/mol. The molecule has 0 aliphatic heterocycles. The van der Waals surface area contributed by atoms with Gasteiger partial charge in [-0.05, 0) is 30.2 Å². The van der Waals surface area contributed by atoms with Gasteiger partial charge in [-0.3, -0.25) is 0 Å². The van der Waals surface area contributed by atoms with Crippen LogP contribution < -0.4 is 4.74 Å². The lowest BCUT2D eigenvalue weighted by Gasteiger charge is -2.03. The van der Waals surface area contributed by atoms with Crippen LogP contribution in [0.2, 0.25) is 0 Å². The summed E-state index contributed by atoms with van der Waals surface area (Å²) in [4.78, 5) is 0. The SMILES string of the molecule is C=C/C(=C\C)c1ccc(OC)cc1. The largest absolute Gasteiger partial charge is 0.497 e. The first-order valence-electron chi connectivity index (χ1n) is 4.25. The van der Waals surface area contributed by atoms with Gasteiger partial charge in [0.1, 0.15) is 5.75 Å². The highest BCUT2D eigenvalue weighted by molar-refractivity contribution is 5.73. The summed E-state index contributed by atoms with van der Waals surface area (Å²) < 4.78 is 5.07. The molecule has 0 aliphatic carbocycles. The molecule has 0 heterocycles. The lowest BCUT2D eigenvalue weighted by atomic mass is 10.1. The number of ether oxygens (including phenoxy) is 1. The summed E-state index contributed by atoms with van der Waals surface area (Å²) in [5.41, 5.74) is 2.31. The summed E-state index contributed by atoms with van der Waals surface area (Å²) >= 11 is 0. The van der Waals surface area contributed by atoms with Crippen LogP contribution in [0.15, 0.2) is 43.0 Å². The van der Waals surface area contributed by atoms with Crippen molar-refractivity contribution >= 4 is 5.57 Å². The fourth-order valence-electron chi connectivity index (χ4n) is 1.19. The molecule has 0 aliphatic rings. The zero-order valence-electron chi connectivity index (χ0n) is 8.08. The normalized spacial score (nSPS) is 11.1. The molecular formula is C12H14O. The van der Waals surface area contributed by atoms with Crippen LogP contribution >= 0.6 is 0 Å². The van der Waals surface area contributed by atoms with Crippen LogP contribution in [-0.4, -0.2) is 7.11 Å². The summed E-state index contributed by atoms with van der Waals surface area (Å²) in [6.45, 7) is 5.75. The quantitative estimate of drug-likeness (QED) is 0.639. The van der Waals surface area contributed by atoms with Crippen molar-refractivity contribution in [1.29, 1.82) is 0 Å². The first kappa shape index (κ1) is 9.59. The summed E-state index contributed by atoms with van der Waals surface area (Å²) in [6.07, 6.45) is 3.89. The van der Waals surface area contributed by atoms with Gasteiger partial charge in [0.25, 0.3) is 0 Å². The Kier molecular flexibility index (Phi) is 3.32. The Labute approximate surface area is 79.4 Å². The number of benzene rings is 1. The molecule has 0 radical (unpaired) electrons. The van der Waals surface area contributed by atoms with Crippen LogP contribution in [-0.2, 0) is 0 Å². The first-order valence-corrected chi connectivity index (χ1v) is 4.25. The van der Waals surface area contributed by atoms with Crippen LogP contribution in [0, 0.1) is 0 Å². The number of hydrogen-bond donors (Lipinski definition) is 0. The van der Waals surface area contributed by atoms with E-state index in [-0.39, 0.29) is 0 Å². The van der Waals surface area contributed by atoms with Gasteiger partial charge in [0.2, 0.25) is 0 Å². The third-order valence-electron chi connectivity index (χ3n) is 1.95. The maximum absolute atomic E-state index is 5.07. The van der Waals surface area contributed by atoms with Crippen molar-refractivity contribution in [3.8, 4) is 5.75 Å². The van der Waals surface area contributed by atoms with Gasteiger partial charge in [-0.1, -0.05) is 30.9 Å². The Morgan fingerprint density at radius 3 is 2.31 bits per heavy atom. The topological polar surface area (TPSA) is 9.23 Å². The van der Waals surface area contributed by atoms with E-state index in [9.17, 15) is 0 Å². The van der Waals surface area contributed by atoms with Crippen molar-refractivity contribution in [2.75, 3.05) is 7.11 Å². The van der Waals surface area contributed by atoms with Crippen LogP contribution in [0.4, 0.5) is 0 Å². The molecule has 0 unspecified atom stereocenters. The van der Waals surface area contributed by atoms with E-state index >= 15 is 0 Å². The molecule has 1 nitrogen and oxygen atoms in total. The van der Waals surface area contributed by atoms with Gasteiger partial charge in [-0.25, -0.2) is 0 Å². The Morgan fingerprint density at radius 2 is 1.92 bits per heavy atom. The molecule has 0 aromatic heterocycles. The van der Waals surface area contributed by atoms with Gasteiger partial charge in [0.05, 0.1) is 7.11 Å². The maximum Gasteiger partial charge on any atom is 0.118 e. The van der Waals surface area contributed by atoms with Crippen LogP contribution in [0.5, 0.6) is 5.75 Å². The van der Waals surface area contributed by atoms with Gasteiger partial charge in [0, 0.05) is 0 Å². The molecule has 0 N–H and O–H groups in total. The molecule has 0 amide bonds. The molecule has 0 spiro atoms. The Hall–Kier alpha value is -1.50. The standard InChI is InChI=1S/C12H14O/c1-4-10(5-2)11-6-8-12(13-3)9-7-11/h4-9H,1H2,2-3H3/b10-5+. The summed E-state index contributed by atoms with van der Waals surface area (Å²) in [6, 6.07) is 7.94. The second kappa shape index (κ2) is 4.51. The second-order valence-electron chi connectivity index (χ2n) is 2.68. The Morgan fingerprint density at radius 1 is 1.31 bits per heavy atom. The Balaban J connectivity index is 2.97. The fourth-order valence-corrected chi connectivity index (χ4v) is 1.19. The molecule has 0 fully saturated rings. The molecule has 0 saturated carbocycles. The number of hydrogen-bond acceptors (Lipinski definition) is 1. The zero-order chi connectivity index (χ0) is 9.68. The molecule has 1 aromatic carbocycles. The van der Waals surface area contributed by atoms with Gasteiger partial charge in [-0.2, -0.15) is 0 Å². The average Bonchev–Trinajstić information content (AvgIpc) is 2.21. The highest BCUT2D eigenvalue weighted by Gasteiger charge is 1.95. The molecule has 1 rings (SSSR count). The third kappa shape index (κ3) is 2.22. The average molecular weight is 174 g/mol. The minimum absolute atomic E-state index is 0.878. The van der Waals surface area contributed by atoms with E-state index in [1.54, 1.807) is 7.11 Å². The molecule has 68 valence electrons. The van der Waals surface area contributed by atoms with E-state index in [2.05, 4.69) is 6.58 Å². The highest BCUT2D eigenvalue weighted by atomic mass is 16.5. The van der Waals surface area contributed by atoms with E-state index in [1.165, 1.54) is 5.56 Å². The maximum atomic E-state index is 5.07. The molecule has 0 saturated heterocycles. The minimum Gasteiger partial charge on any atom is -0.497 e. The van der Waals surface area contributed by atoms with Crippen molar-refractivity contribution in [3.63, 3.8) is 0 Å². The van der Waals surface area contributed by atoms with E-state index in [4.69, 9.17) is 4.74 Å². The lowest BCUT2D eigenvalue weighted by molar-refractivity contribution is 0.415. The molecule has 1 heteroatoms. The van der Waals surface area contributed by atoms with E-state index in [1.807, 2.05) is 43.3 Å². The van der Waals surface area contributed by atoms with Crippen molar-refractivity contribution in [3.05, 3.63) is 48.6 Å². The van der Waals surface area contributed by atoms with E-state index < -0.39 is 0 Å². The molecule has 0 atom stereocenters. The molecule has 1 aromatic rings. The molecule has 13 heavy (non-hydrogen) atoms. The first-order chi connectivity index (χ1) is 6.31. The summed E-state index contributed by atoms with van der Waals surface area (Å²) in [5.74, 6) is 0.878. The minimum atomic E-state index is 0.878. The summed E-state index contributed by atoms with van der Waals surface area (Å²) in [5, 5.41) is 0. The van der Waals surface area contributed by atoms with Crippen molar-refractivity contribution in [2.45, 2.75) is 6.92 Å². The highest BCUT2D eigenvalue weighted by Crippen LogP contribution is 2.18. The second-order valence-corrected chi connectivity index (χ2v) is 2.68. The zero-order valence-corrected chi connectivity index (χ0v) is 8.08. The number of rotatable bonds is 3.